The van der Waals surface area contributed by atoms with Gasteiger partial charge in [0.15, 0.2) is 0 Å². The van der Waals surface area contributed by atoms with Gasteiger partial charge >= 0.3 is 5.97 Å². The summed E-state index contributed by atoms with van der Waals surface area (Å²) in [4.78, 5) is 23.8. The van der Waals surface area contributed by atoms with Crippen LogP contribution in [0.1, 0.15) is 40.5 Å². The molecule has 5 atom stereocenters. The van der Waals surface area contributed by atoms with E-state index in [-0.39, 0.29) is 23.6 Å². The zero-order valence-corrected chi connectivity index (χ0v) is 17.3. The quantitative estimate of drug-likeness (QED) is 0.677. The fourth-order valence-electron chi connectivity index (χ4n) is 4.62. The summed E-state index contributed by atoms with van der Waals surface area (Å²) in [5, 5.41) is 13.5. The van der Waals surface area contributed by atoms with E-state index in [0.717, 1.165) is 12.8 Å². The number of carbonyl (C=O) groups is 2. The predicted molar refractivity (Wildman–Crippen MR) is 111 cm³/mol. The van der Waals surface area contributed by atoms with E-state index in [1.54, 1.807) is 36.4 Å². The van der Waals surface area contributed by atoms with Crippen molar-refractivity contribution < 1.29 is 19.4 Å². The van der Waals surface area contributed by atoms with E-state index in [4.69, 9.17) is 27.9 Å². The molecule has 1 amide bonds. The Hall–Kier alpha value is -2.24. The number of benzene rings is 2. The van der Waals surface area contributed by atoms with Crippen LogP contribution in [-0.2, 0) is 0 Å². The van der Waals surface area contributed by atoms with E-state index in [1.807, 2.05) is 6.92 Å². The number of hydrogen-bond acceptors (Lipinski definition) is 3. The van der Waals surface area contributed by atoms with Gasteiger partial charge in [-0.2, -0.15) is 0 Å². The van der Waals surface area contributed by atoms with E-state index in [2.05, 4.69) is 5.32 Å². The van der Waals surface area contributed by atoms with Crippen LogP contribution < -0.4 is 10.1 Å². The van der Waals surface area contributed by atoms with Crippen molar-refractivity contribution in [2.24, 2.45) is 17.8 Å². The number of hydrogen-bond donors (Lipinski definition) is 2. The molecule has 2 N–H and O–H groups in total. The Morgan fingerprint density at radius 1 is 1.07 bits per heavy atom. The summed E-state index contributed by atoms with van der Waals surface area (Å²) in [6.07, 6.45) is 1.67. The van der Waals surface area contributed by atoms with Crippen LogP contribution in [0.2, 0.25) is 10.0 Å². The molecule has 0 aliphatic heterocycles. The molecule has 152 valence electrons. The first kappa shape index (κ1) is 20.0. The molecule has 7 heteroatoms. The number of aromatic carboxylic acids is 1. The van der Waals surface area contributed by atoms with E-state index in [1.165, 1.54) is 6.07 Å². The van der Waals surface area contributed by atoms with Gasteiger partial charge in [-0.1, -0.05) is 23.2 Å². The Labute approximate surface area is 179 Å². The average Bonchev–Trinajstić information content (AvgIpc) is 3.18. The fourth-order valence-corrected chi connectivity index (χ4v) is 4.91. The van der Waals surface area contributed by atoms with Gasteiger partial charge < -0.3 is 15.2 Å². The number of carboxylic acid groups (broad SMARTS) is 1. The second-order valence-electron chi connectivity index (χ2n) is 7.83. The highest BCUT2D eigenvalue weighted by Crippen LogP contribution is 2.59. The van der Waals surface area contributed by atoms with Crippen molar-refractivity contribution in [3.8, 4) is 5.75 Å². The molecule has 4 rings (SSSR count). The third-order valence-corrected chi connectivity index (χ3v) is 6.47. The van der Waals surface area contributed by atoms with Gasteiger partial charge in [-0.3, -0.25) is 4.79 Å². The maximum absolute atomic E-state index is 12.4. The Morgan fingerprint density at radius 2 is 1.69 bits per heavy atom. The lowest BCUT2D eigenvalue weighted by Crippen LogP contribution is -2.36. The predicted octanol–water partition coefficient (Wildman–Crippen LogP) is 4.91. The SMILES string of the molecule is C[C@@H](NC(=O)c1ccc(Cl)cc1)[C@H]1[C@@H]2C[C@@H](Oc3cc(Cl)ccc3C(=O)O)C[C@@H]21. The lowest BCUT2D eigenvalue weighted by molar-refractivity contribution is 0.0688. The van der Waals surface area contributed by atoms with Crippen LogP contribution in [0.25, 0.3) is 0 Å². The van der Waals surface area contributed by atoms with Gasteiger partial charge in [-0.05, 0) is 80.0 Å². The van der Waals surface area contributed by atoms with Crippen molar-refractivity contribution >= 4 is 35.1 Å². The highest BCUT2D eigenvalue weighted by Gasteiger charge is 2.58. The molecule has 0 spiro atoms. The molecule has 2 saturated carbocycles. The van der Waals surface area contributed by atoms with Crippen LogP contribution in [0.15, 0.2) is 42.5 Å². The summed E-state index contributed by atoms with van der Waals surface area (Å²) >= 11 is 11.9. The first-order valence-corrected chi connectivity index (χ1v) is 10.3. The highest BCUT2D eigenvalue weighted by molar-refractivity contribution is 6.31. The first-order valence-electron chi connectivity index (χ1n) is 9.59. The zero-order chi connectivity index (χ0) is 20.7. The van der Waals surface area contributed by atoms with Gasteiger partial charge in [-0.25, -0.2) is 4.79 Å². The number of amides is 1. The smallest absolute Gasteiger partial charge is 0.339 e. The number of ether oxygens (including phenoxy) is 1. The van der Waals surface area contributed by atoms with E-state index >= 15 is 0 Å². The van der Waals surface area contributed by atoms with Crippen LogP contribution in [0, 0.1) is 17.8 Å². The molecule has 0 unspecified atom stereocenters. The monoisotopic (exact) mass is 433 g/mol. The molecular weight excluding hydrogens is 413 g/mol. The van der Waals surface area contributed by atoms with Gasteiger partial charge in [0.25, 0.3) is 5.91 Å². The van der Waals surface area contributed by atoms with Crippen LogP contribution in [-0.4, -0.2) is 29.1 Å². The number of halogens is 2. The number of carbonyl (C=O) groups excluding carboxylic acids is 1. The number of carboxylic acids is 1. The minimum absolute atomic E-state index is 0.0306. The van der Waals surface area contributed by atoms with Gasteiger partial charge in [-0.15, -0.1) is 0 Å². The van der Waals surface area contributed by atoms with Crippen molar-refractivity contribution in [1.82, 2.24) is 5.32 Å². The van der Waals surface area contributed by atoms with E-state index in [9.17, 15) is 14.7 Å². The molecule has 0 aromatic heterocycles. The molecular formula is C22H21Cl2NO4. The normalized spacial score (nSPS) is 25.8. The van der Waals surface area contributed by atoms with Crippen LogP contribution in [0.5, 0.6) is 5.75 Å². The highest BCUT2D eigenvalue weighted by atomic mass is 35.5. The molecule has 2 aliphatic carbocycles. The fraction of sp³-hybridized carbons (Fsp3) is 0.364. The molecule has 5 nitrogen and oxygen atoms in total. The van der Waals surface area contributed by atoms with E-state index in [0.29, 0.717) is 39.1 Å². The molecule has 2 fully saturated rings. The van der Waals surface area contributed by atoms with Crippen molar-refractivity contribution in [3.63, 3.8) is 0 Å². The minimum atomic E-state index is -1.03. The second kappa shape index (κ2) is 7.88. The number of rotatable bonds is 6. The molecule has 0 heterocycles. The molecule has 0 bridgehead atoms. The van der Waals surface area contributed by atoms with Gasteiger partial charge in [0.2, 0.25) is 0 Å². The largest absolute Gasteiger partial charge is 0.489 e. The maximum Gasteiger partial charge on any atom is 0.339 e. The molecule has 0 radical (unpaired) electrons. The lowest BCUT2D eigenvalue weighted by atomic mass is 10.0. The average molecular weight is 434 g/mol. The van der Waals surface area contributed by atoms with Gasteiger partial charge in [0.1, 0.15) is 11.3 Å². The molecule has 2 aromatic rings. The van der Waals surface area contributed by atoms with Gasteiger partial charge in [0, 0.05) is 21.7 Å². The van der Waals surface area contributed by atoms with E-state index < -0.39 is 5.97 Å². The second-order valence-corrected chi connectivity index (χ2v) is 8.70. The maximum atomic E-state index is 12.4. The molecule has 2 aliphatic rings. The Morgan fingerprint density at radius 3 is 2.31 bits per heavy atom. The molecule has 29 heavy (non-hydrogen) atoms. The molecule has 0 saturated heterocycles. The number of nitrogens with one attached hydrogen (secondary N) is 1. The standard InChI is InChI=1S/C22H21Cl2NO4/c1-11(25-21(26)12-2-4-13(23)5-3-12)20-17-9-15(10-18(17)20)29-19-8-14(24)6-7-16(19)22(27)28/h2-8,11,15,17-18,20H,9-10H2,1H3,(H,25,26)(H,27,28)/t11-,15-,17-,18+,20+/m1/s1. The van der Waals surface area contributed by atoms with Crippen molar-refractivity contribution in [3.05, 3.63) is 63.6 Å². The van der Waals surface area contributed by atoms with Crippen LogP contribution in [0.4, 0.5) is 0 Å². The van der Waals surface area contributed by atoms with Gasteiger partial charge in [0.05, 0.1) is 6.10 Å². The van der Waals surface area contributed by atoms with Crippen molar-refractivity contribution in [2.45, 2.75) is 31.9 Å². The Balaban J connectivity index is 1.32. The summed E-state index contributed by atoms with van der Waals surface area (Å²) in [5.41, 5.74) is 0.713. The summed E-state index contributed by atoms with van der Waals surface area (Å²) in [7, 11) is 0. The zero-order valence-electron chi connectivity index (χ0n) is 15.8. The third-order valence-electron chi connectivity index (χ3n) is 5.98. The Bertz CT molecular complexity index is 934. The minimum Gasteiger partial charge on any atom is -0.489 e. The lowest BCUT2D eigenvalue weighted by Gasteiger charge is -2.21. The first-order chi connectivity index (χ1) is 13.8. The van der Waals surface area contributed by atoms with Crippen molar-refractivity contribution in [1.29, 1.82) is 0 Å². The van der Waals surface area contributed by atoms with Crippen LogP contribution in [0.3, 0.4) is 0 Å². The summed E-state index contributed by atoms with van der Waals surface area (Å²) in [6.45, 7) is 2.03. The Kier molecular flexibility index (Phi) is 5.45. The summed E-state index contributed by atoms with van der Waals surface area (Å²) in [6, 6.07) is 11.5. The third kappa shape index (κ3) is 4.21. The van der Waals surface area contributed by atoms with Crippen LogP contribution >= 0.6 is 23.2 Å². The topological polar surface area (TPSA) is 75.6 Å². The summed E-state index contributed by atoms with van der Waals surface area (Å²) < 4.78 is 5.97. The molecule has 2 aromatic carbocycles. The summed E-state index contributed by atoms with van der Waals surface area (Å²) in [5.74, 6) is 0.565. The van der Waals surface area contributed by atoms with Crippen molar-refractivity contribution in [2.75, 3.05) is 0 Å². The number of fused-ring (bicyclic) bond motifs is 1.